The number of carbonyl (C=O) groups excluding carboxylic acids is 1. The van der Waals surface area contributed by atoms with Crippen molar-refractivity contribution in [2.45, 2.75) is 20.3 Å². The molecule has 24 heavy (non-hydrogen) atoms. The van der Waals surface area contributed by atoms with Crippen molar-refractivity contribution in [1.82, 2.24) is 25.3 Å². The minimum absolute atomic E-state index is 0.241. The number of aryl methyl sites for hydroxylation is 1. The molecular formula is C18H19N5O. The Morgan fingerprint density at radius 2 is 2.08 bits per heavy atom. The summed E-state index contributed by atoms with van der Waals surface area (Å²) in [7, 11) is 0. The van der Waals surface area contributed by atoms with Gasteiger partial charge in [0.05, 0.1) is 5.69 Å². The lowest BCUT2D eigenvalue weighted by Gasteiger charge is -2.09. The predicted molar refractivity (Wildman–Crippen MR) is 92.0 cm³/mol. The number of carbonyl (C=O) groups is 1. The number of hydrogen-bond donors (Lipinski definition) is 1. The SMILES string of the molecule is CCNC(=O)c1nnn(-c2cccc(CC)c2)c1-c1cccnc1. The average molecular weight is 321 g/mol. The van der Waals surface area contributed by atoms with Crippen LogP contribution in [-0.4, -0.2) is 32.4 Å². The zero-order valence-electron chi connectivity index (χ0n) is 13.7. The normalized spacial score (nSPS) is 10.6. The van der Waals surface area contributed by atoms with E-state index in [1.54, 1.807) is 17.1 Å². The maximum absolute atomic E-state index is 12.4. The number of pyridine rings is 1. The number of nitrogens with zero attached hydrogens (tertiary/aromatic N) is 4. The molecule has 0 bridgehead atoms. The summed E-state index contributed by atoms with van der Waals surface area (Å²) >= 11 is 0. The van der Waals surface area contributed by atoms with E-state index in [1.165, 1.54) is 5.56 Å². The maximum Gasteiger partial charge on any atom is 0.274 e. The van der Waals surface area contributed by atoms with Gasteiger partial charge < -0.3 is 5.32 Å². The van der Waals surface area contributed by atoms with Crippen LogP contribution in [0.4, 0.5) is 0 Å². The number of aromatic nitrogens is 4. The van der Waals surface area contributed by atoms with Crippen LogP contribution in [0.25, 0.3) is 16.9 Å². The van der Waals surface area contributed by atoms with Crippen LogP contribution in [0.15, 0.2) is 48.8 Å². The summed E-state index contributed by atoms with van der Waals surface area (Å²) in [6, 6.07) is 11.8. The zero-order valence-corrected chi connectivity index (χ0v) is 13.7. The van der Waals surface area contributed by atoms with Gasteiger partial charge in [-0.3, -0.25) is 9.78 Å². The molecule has 0 saturated heterocycles. The molecule has 0 aliphatic rings. The van der Waals surface area contributed by atoms with Gasteiger partial charge >= 0.3 is 0 Å². The highest BCUT2D eigenvalue weighted by molar-refractivity contribution is 5.98. The van der Waals surface area contributed by atoms with Gasteiger partial charge in [0, 0.05) is 24.5 Å². The molecule has 0 radical (unpaired) electrons. The van der Waals surface area contributed by atoms with Gasteiger partial charge in [-0.05, 0) is 43.2 Å². The second-order valence-electron chi connectivity index (χ2n) is 5.32. The number of rotatable bonds is 5. The fraction of sp³-hybridized carbons (Fsp3) is 0.222. The molecule has 1 amide bonds. The first-order valence-electron chi connectivity index (χ1n) is 7.98. The summed E-state index contributed by atoms with van der Waals surface area (Å²) in [5.74, 6) is -0.241. The molecule has 0 fully saturated rings. The van der Waals surface area contributed by atoms with Crippen LogP contribution >= 0.6 is 0 Å². The van der Waals surface area contributed by atoms with Crippen LogP contribution in [-0.2, 0) is 6.42 Å². The van der Waals surface area contributed by atoms with Crippen molar-refractivity contribution in [3.8, 4) is 16.9 Å². The molecule has 3 aromatic rings. The minimum Gasteiger partial charge on any atom is -0.351 e. The first kappa shape index (κ1) is 15.9. The van der Waals surface area contributed by atoms with E-state index in [9.17, 15) is 4.79 Å². The van der Waals surface area contributed by atoms with Crippen LogP contribution in [0.5, 0.6) is 0 Å². The standard InChI is InChI=1S/C18H19N5O/c1-3-13-7-5-9-15(11-13)23-17(14-8-6-10-19-12-14)16(21-22-23)18(24)20-4-2/h5-12H,3-4H2,1-2H3,(H,20,24). The lowest BCUT2D eigenvalue weighted by atomic mass is 10.1. The topological polar surface area (TPSA) is 72.7 Å². The highest BCUT2D eigenvalue weighted by Crippen LogP contribution is 2.25. The van der Waals surface area contributed by atoms with Gasteiger partial charge in [0.1, 0.15) is 5.69 Å². The van der Waals surface area contributed by atoms with E-state index < -0.39 is 0 Å². The summed E-state index contributed by atoms with van der Waals surface area (Å²) in [6.07, 6.45) is 4.33. The Morgan fingerprint density at radius 1 is 1.21 bits per heavy atom. The Bertz CT molecular complexity index is 842. The molecule has 0 atom stereocenters. The molecule has 6 nitrogen and oxygen atoms in total. The van der Waals surface area contributed by atoms with Crippen LogP contribution in [0.1, 0.15) is 29.9 Å². The van der Waals surface area contributed by atoms with E-state index in [1.807, 2.05) is 31.2 Å². The Balaban J connectivity index is 2.18. The molecule has 0 spiro atoms. The van der Waals surface area contributed by atoms with Gasteiger partial charge in [-0.25, -0.2) is 4.68 Å². The van der Waals surface area contributed by atoms with Gasteiger partial charge in [0.2, 0.25) is 0 Å². The lowest BCUT2D eigenvalue weighted by molar-refractivity contribution is 0.0951. The highest BCUT2D eigenvalue weighted by Gasteiger charge is 2.21. The van der Waals surface area contributed by atoms with E-state index >= 15 is 0 Å². The third kappa shape index (κ3) is 3.03. The van der Waals surface area contributed by atoms with Crippen molar-refractivity contribution in [3.05, 3.63) is 60.0 Å². The zero-order chi connectivity index (χ0) is 16.9. The molecule has 1 aromatic carbocycles. The fourth-order valence-electron chi connectivity index (χ4n) is 2.53. The van der Waals surface area contributed by atoms with Crippen LogP contribution in [0.3, 0.4) is 0 Å². The van der Waals surface area contributed by atoms with Crippen molar-refractivity contribution in [3.63, 3.8) is 0 Å². The Kier molecular flexibility index (Phi) is 4.65. The molecular weight excluding hydrogens is 302 g/mol. The first-order chi connectivity index (χ1) is 11.7. The van der Waals surface area contributed by atoms with Gasteiger partial charge in [-0.15, -0.1) is 5.10 Å². The molecule has 0 aliphatic carbocycles. The van der Waals surface area contributed by atoms with Gasteiger partial charge in [-0.1, -0.05) is 24.3 Å². The fourth-order valence-corrected chi connectivity index (χ4v) is 2.53. The van der Waals surface area contributed by atoms with Gasteiger partial charge in [-0.2, -0.15) is 0 Å². The van der Waals surface area contributed by atoms with E-state index in [-0.39, 0.29) is 5.91 Å². The predicted octanol–water partition coefficient (Wildman–Crippen LogP) is 2.64. The molecule has 0 aliphatic heterocycles. The summed E-state index contributed by atoms with van der Waals surface area (Å²) in [5.41, 5.74) is 3.80. The molecule has 6 heteroatoms. The maximum atomic E-state index is 12.4. The van der Waals surface area contributed by atoms with E-state index in [0.29, 0.717) is 17.9 Å². The number of hydrogen-bond acceptors (Lipinski definition) is 4. The summed E-state index contributed by atoms with van der Waals surface area (Å²) in [5, 5.41) is 11.1. The number of nitrogens with one attached hydrogen (secondary N) is 1. The van der Waals surface area contributed by atoms with Gasteiger partial charge in [0.25, 0.3) is 5.91 Å². The minimum atomic E-state index is -0.241. The van der Waals surface area contributed by atoms with Gasteiger partial charge in [0.15, 0.2) is 5.69 Å². The molecule has 1 N–H and O–H groups in total. The van der Waals surface area contributed by atoms with Crippen molar-refractivity contribution in [2.75, 3.05) is 6.54 Å². The smallest absolute Gasteiger partial charge is 0.274 e. The largest absolute Gasteiger partial charge is 0.351 e. The van der Waals surface area contributed by atoms with Crippen molar-refractivity contribution in [2.24, 2.45) is 0 Å². The Hall–Kier alpha value is -3.02. The molecule has 122 valence electrons. The average Bonchev–Trinajstić information content (AvgIpc) is 3.08. The molecule has 2 aromatic heterocycles. The number of amides is 1. The Labute approximate surface area is 140 Å². The van der Waals surface area contributed by atoms with Crippen molar-refractivity contribution >= 4 is 5.91 Å². The van der Waals surface area contributed by atoms with Crippen molar-refractivity contribution in [1.29, 1.82) is 0 Å². The Morgan fingerprint density at radius 3 is 2.79 bits per heavy atom. The van der Waals surface area contributed by atoms with Crippen LogP contribution in [0, 0.1) is 0 Å². The van der Waals surface area contributed by atoms with Crippen LogP contribution in [0.2, 0.25) is 0 Å². The molecule has 2 heterocycles. The third-order valence-electron chi connectivity index (χ3n) is 3.72. The van der Waals surface area contributed by atoms with Crippen LogP contribution < -0.4 is 5.32 Å². The summed E-state index contributed by atoms with van der Waals surface area (Å²) in [6.45, 7) is 4.50. The molecule has 0 unspecified atom stereocenters. The van der Waals surface area contributed by atoms with E-state index in [4.69, 9.17) is 0 Å². The van der Waals surface area contributed by atoms with Crippen molar-refractivity contribution < 1.29 is 4.79 Å². The first-order valence-corrected chi connectivity index (χ1v) is 7.98. The third-order valence-corrected chi connectivity index (χ3v) is 3.72. The second-order valence-corrected chi connectivity index (χ2v) is 5.32. The highest BCUT2D eigenvalue weighted by atomic mass is 16.2. The number of benzene rings is 1. The van der Waals surface area contributed by atoms with E-state index in [0.717, 1.165) is 17.7 Å². The quantitative estimate of drug-likeness (QED) is 0.784. The molecule has 0 saturated carbocycles. The monoisotopic (exact) mass is 321 g/mol. The second kappa shape index (κ2) is 7.04. The summed E-state index contributed by atoms with van der Waals surface area (Å²) in [4.78, 5) is 16.5. The van der Waals surface area contributed by atoms with E-state index in [2.05, 4.69) is 39.7 Å². The molecule has 3 rings (SSSR count). The lowest BCUT2D eigenvalue weighted by Crippen LogP contribution is -2.23. The summed E-state index contributed by atoms with van der Waals surface area (Å²) < 4.78 is 1.70.